The van der Waals surface area contributed by atoms with Crippen molar-refractivity contribution in [3.8, 4) is 11.5 Å². The first-order chi connectivity index (χ1) is 16.5. The fraction of sp³-hybridized carbons (Fsp3) is 0.360. The molecular weight excluding hydrogens is 474 g/mol. The molecule has 0 radical (unpaired) electrons. The van der Waals surface area contributed by atoms with Crippen LogP contribution in [0.1, 0.15) is 41.3 Å². The maximum Gasteiger partial charge on any atom is 0.236 e. The lowest BCUT2D eigenvalue weighted by Crippen LogP contribution is -2.28. The number of β-amino-alcohol motifs (C(OH)–C–C–N with tert-alkyl or cyclic N) is 1. The number of rotatable bonds is 6. The zero-order valence-electron chi connectivity index (χ0n) is 18.4. The third kappa shape index (κ3) is 3.84. The lowest BCUT2D eigenvalue weighted by Gasteiger charge is -2.27. The molecule has 2 atom stereocenters. The first-order valence-electron chi connectivity index (χ1n) is 11.4. The average molecular weight is 498 g/mol. The minimum Gasteiger partial charge on any atom is -0.454 e. The molecule has 3 heterocycles. The Morgan fingerprint density at radius 3 is 2.82 bits per heavy atom. The van der Waals surface area contributed by atoms with E-state index in [1.54, 1.807) is 6.20 Å². The second-order valence-corrected chi connectivity index (χ2v) is 10.5. The van der Waals surface area contributed by atoms with Gasteiger partial charge in [-0.15, -0.1) is 0 Å². The number of fused-ring (bicyclic) bond motifs is 1. The minimum atomic E-state index is -0.561. The number of benzene rings is 2. The molecule has 6 rings (SSSR count). The number of aromatic nitrogens is 1. The number of hydrogen-bond acceptors (Lipinski definition) is 7. The Labute approximate surface area is 206 Å². The third-order valence-electron chi connectivity index (χ3n) is 6.88. The molecule has 0 bridgehead atoms. The fourth-order valence-electron chi connectivity index (χ4n) is 4.88. The normalized spacial score (nSPS) is 21.4. The van der Waals surface area contributed by atoms with Gasteiger partial charge in [0.2, 0.25) is 12.7 Å². The van der Waals surface area contributed by atoms with E-state index >= 15 is 0 Å². The number of carbonyl (C=O) groups excluding carboxylic acids is 1. The summed E-state index contributed by atoms with van der Waals surface area (Å²) in [5.41, 5.74) is 1.35. The summed E-state index contributed by atoms with van der Waals surface area (Å²) in [6.45, 7) is 1.55. The van der Waals surface area contributed by atoms with E-state index in [2.05, 4.69) is 15.2 Å². The molecule has 3 aliphatic rings. The van der Waals surface area contributed by atoms with Gasteiger partial charge < -0.3 is 19.9 Å². The van der Waals surface area contributed by atoms with Crippen LogP contribution in [0.2, 0.25) is 5.02 Å². The van der Waals surface area contributed by atoms with Crippen LogP contribution >= 0.6 is 22.9 Å². The molecular formula is C25H24ClN3O4S. The van der Waals surface area contributed by atoms with Gasteiger partial charge in [-0.2, -0.15) is 0 Å². The Hall–Kier alpha value is -2.65. The Balaban J connectivity index is 1.25. The van der Waals surface area contributed by atoms with E-state index in [4.69, 9.17) is 21.1 Å². The molecule has 7 nitrogen and oxygen atoms in total. The number of aliphatic hydroxyl groups is 1. The summed E-state index contributed by atoms with van der Waals surface area (Å²) in [5.74, 6) is 1.34. The maximum absolute atomic E-state index is 13.3. The number of nitrogens with one attached hydrogen (secondary N) is 1. The highest BCUT2D eigenvalue weighted by atomic mass is 35.5. The number of halogens is 1. The van der Waals surface area contributed by atoms with Crippen molar-refractivity contribution in [2.45, 2.75) is 36.8 Å². The molecule has 1 aliphatic carbocycles. The second kappa shape index (κ2) is 8.53. The van der Waals surface area contributed by atoms with Crippen LogP contribution in [-0.4, -0.2) is 46.9 Å². The number of anilines is 1. The lowest BCUT2D eigenvalue weighted by atomic mass is 9.94. The number of aliphatic hydroxyl groups excluding tert-OH is 1. The van der Waals surface area contributed by atoms with Crippen molar-refractivity contribution >= 4 is 34.0 Å². The van der Waals surface area contributed by atoms with E-state index in [0.717, 1.165) is 41.8 Å². The zero-order valence-corrected chi connectivity index (χ0v) is 19.9. The highest BCUT2D eigenvalue weighted by molar-refractivity contribution is 7.15. The zero-order chi connectivity index (χ0) is 23.3. The van der Waals surface area contributed by atoms with E-state index in [0.29, 0.717) is 28.2 Å². The Kier molecular flexibility index (Phi) is 5.49. The van der Waals surface area contributed by atoms with E-state index in [-0.39, 0.29) is 24.8 Å². The standard InChI is InChI=1S/C25H24ClN3O4S/c26-18-4-2-1-3-17(18)22(29-10-7-16(30)13-29)21-12-27-24(34-21)28-23(31)25(8-9-25)15-5-6-19-20(11-15)33-14-32-19/h1-6,11-12,16,22,30H,7-10,13-14H2,(H,27,28,31)/t16-,22+/m1/s1. The predicted molar refractivity (Wildman–Crippen MR) is 130 cm³/mol. The monoisotopic (exact) mass is 497 g/mol. The van der Waals surface area contributed by atoms with Crippen molar-refractivity contribution in [2.75, 3.05) is 25.2 Å². The molecule has 34 heavy (non-hydrogen) atoms. The van der Waals surface area contributed by atoms with Gasteiger partial charge in [0.1, 0.15) is 0 Å². The van der Waals surface area contributed by atoms with Gasteiger partial charge in [-0.05, 0) is 48.6 Å². The average Bonchev–Trinajstić information content (AvgIpc) is 3.13. The molecule has 1 saturated heterocycles. The Bertz CT molecular complexity index is 1240. The molecule has 1 aromatic heterocycles. The van der Waals surface area contributed by atoms with Crippen LogP contribution < -0.4 is 14.8 Å². The number of ether oxygens (including phenoxy) is 2. The number of amides is 1. The Morgan fingerprint density at radius 1 is 1.24 bits per heavy atom. The first-order valence-corrected chi connectivity index (χ1v) is 12.6. The lowest BCUT2D eigenvalue weighted by molar-refractivity contribution is -0.118. The van der Waals surface area contributed by atoms with Gasteiger partial charge in [-0.1, -0.05) is 47.2 Å². The summed E-state index contributed by atoms with van der Waals surface area (Å²) >= 11 is 8.01. The van der Waals surface area contributed by atoms with E-state index in [1.165, 1.54) is 11.3 Å². The molecule has 2 aliphatic heterocycles. The molecule has 3 aromatic rings. The van der Waals surface area contributed by atoms with E-state index < -0.39 is 5.41 Å². The molecule has 2 aromatic carbocycles. The second-order valence-electron chi connectivity index (χ2n) is 9.03. The number of hydrogen-bond donors (Lipinski definition) is 2. The molecule has 9 heteroatoms. The number of carbonyl (C=O) groups is 1. The summed E-state index contributed by atoms with van der Waals surface area (Å²) < 4.78 is 10.9. The van der Waals surface area contributed by atoms with Gasteiger partial charge >= 0.3 is 0 Å². The molecule has 0 unspecified atom stereocenters. The number of nitrogens with zero attached hydrogens (tertiary/aromatic N) is 2. The molecule has 1 amide bonds. The van der Waals surface area contributed by atoms with Crippen LogP contribution in [0.25, 0.3) is 0 Å². The molecule has 176 valence electrons. The van der Waals surface area contributed by atoms with Crippen LogP contribution in [0.3, 0.4) is 0 Å². The largest absolute Gasteiger partial charge is 0.454 e. The SMILES string of the molecule is O=C(Nc1ncc([C@H](c2ccccc2Cl)N2CC[C@@H](O)C2)s1)C1(c2ccc3c(c2)OCO3)CC1. The van der Waals surface area contributed by atoms with Gasteiger partial charge in [0.05, 0.1) is 17.6 Å². The molecule has 1 saturated carbocycles. The minimum absolute atomic E-state index is 0.0573. The van der Waals surface area contributed by atoms with Crippen LogP contribution in [0, 0.1) is 0 Å². The van der Waals surface area contributed by atoms with Crippen LogP contribution in [0.15, 0.2) is 48.7 Å². The van der Waals surface area contributed by atoms with Crippen molar-refractivity contribution in [1.29, 1.82) is 0 Å². The summed E-state index contributed by atoms with van der Waals surface area (Å²) in [5, 5.41) is 14.4. The quantitative estimate of drug-likeness (QED) is 0.526. The van der Waals surface area contributed by atoms with Crippen LogP contribution in [0.4, 0.5) is 5.13 Å². The predicted octanol–water partition coefficient (Wildman–Crippen LogP) is 4.35. The summed E-state index contributed by atoms with van der Waals surface area (Å²) in [6, 6.07) is 13.4. The summed E-state index contributed by atoms with van der Waals surface area (Å²) in [7, 11) is 0. The molecule has 2 fully saturated rings. The van der Waals surface area contributed by atoms with Crippen LogP contribution in [0.5, 0.6) is 11.5 Å². The van der Waals surface area contributed by atoms with Gasteiger partial charge in [0.15, 0.2) is 16.6 Å². The van der Waals surface area contributed by atoms with Crippen molar-refractivity contribution in [3.63, 3.8) is 0 Å². The highest BCUT2D eigenvalue weighted by Crippen LogP contribution is 2.51. The third-order valence-corrected chi connectivity index (χ3v) is 8.19. The smallest absolute Gasteiger partial charge is 0.236 e. The van der Waals surface area contributed by atoms with Crippen molar-refractivity contribution < 1.29 is 19.4 Å². The van der Waals surface area contributed by atoms with Gasteiger partial charge in [0.25, 0.3) is 0 Å². The molecule has 0 spiro atoms. The first kappa shape index (κ1) is 21.9. The van der Waals surface area contributed by atoms with Gasteiger partial charge in [-0.25, -0.2) is 4.98 Å². The van der Waals surface area contributed by atoms with Gasteiger partial charge in [0, 0.05) is 29.2 Å². The molecule has 2 N–H and O–H groups in total. The topological polar surface area (TPSA) is 83.9 Å². The number of thiazole rings is 1. The summed E-state index contributed by atoms with van der Waals surface area (Å²) in [6.07, 6.45) is 3.74. The van der Waals surface area contributed by atoms with Crippen molar-refractivity contribution in [2.24, 2.45) is 0 Å². The van der Waals surface area contributed by atoms with Gasteiger partial charge in [-0.3, -0.25) is 9.69 Å². The van der Waals surface area contributed by atoms with E-state index in [9.17, 15) is 9.90 Å². The maximum atomic E-state index is 13.3. The van der Waals surface area contributed by atoms with Crippen molar-refractivity contribution in [3.05, 3.63) is 69.7 Å². The fourth-order valence-corrected chi connectivity index (χ4v) is 6.09. The van der Waals surface area contributed by atoms with Crippen molar-refractivity contribution in [1.82, 2.24) is 9.88 Å². The van der Waals surface area contributed by atoms with E-state index in [1.807, 2.05) is 42.5 Å². The Morgan fingerprint density at radius 2 is 2.06 bits per heavy atom. The number of likely N-dealkylation sites (tertiary alicyclic amines) is 1. The highest BCUT2D eigenvalue weighted by Gasteiger charge is 2.52. The summed E-state index contributed by atoms with van der Waals surface area (Å²) in [4.78, 5) is 21.0. The van der Waals surface area contributed by atoms with Crippen LogP contribution in [-0.2, 0) is 10.2 Å².